The minimum Gasteiger partial charge on any atom is -0.496 e. The molecular formula is C37H26N2O2. The van der Waals surface area contributed by atoms with E-state index in [2.05, 4.69) is 54.6 Å². The molecule has 4 nitrogen and oxygen atoms in total. The van der Waals surface area contributed by atoms with Crippen molar-refractivity contribution in [3.05, 3.63) is 140 Å². The number of methoxy groups -OCH3 is 1. The molecule has 41 heavy (non-hydrogen) atoms. The lowest BCUT2D eigenvalue weighted by atomic mass is 9.99. The second-order valence-corrected chi connectivity index (χ2v) is 9.77. The van der Waals surface area contributed by atoms with E-state index in [1.54, 1.807) is 7.11 Å². The van der Waals surface area contributed by atoms with Gasteiger partial charge < -0.3 is 9.47 Å². The van der Waals surface area contributed by atoms with Crippen LogP contribution < -0.4 is 9.47 Å². The number of ether oxygens (including phenoxy) is 2. The Labute approximate surface area is 238 Å². The summed E-state index contributed by atoms with van der Waals surface area (Å²) in [5.74, 6) is 2.30. The average Bonchev–Trinajstić information content (AvgIpc) is 3.04. The molecule has 0 N–H and O–H groups in total. The number of hydrogen-bond donors (Lipinski definition) is 0. The topological polar surface area (TPSA) is 44.2 Å². The molecule has 4 heteroatoms. The molecule has 2 aromatic heterocycles. The van der Waals surface area contributed by atoms with Gasteiger partial charge in [-0.15, -0.1) is 0 Å². The van der Waals surface area contributed by atoms with Crippen molar-refractivity contribution < 1.29 is 9.47 Å². The standard InChI is InChI=1S/C37H26N2O2/c1-40-34-21-11-9-19-30(34)36-28-17-7-5-13-25(28)23-32(38-36)33-24-26-14-6-8-18-29(26)37(39-33)31-20-10-12-22-35(31)41-27-15-3-2-4-16-27/h2-24H,1H3. The van der Waals surface area contributed by atoms with E-state index < -0.39 is 0 Å². The van der Waals surface area contributed by atoms with E-state index in [0.29, 0.717) is 0 Å². The Morgan fingerprint density at radius 3 is 1.51 bits per heavy atom. The first-order valence-electron chi connectivity index (χ1n) is 13.5. The van der Waals surface area contributed by atoms with Gasteiger partial charge >= 0.3 is 0 Å². The maximum Gasteiger partial charge on any atom is 0.136 e. The van der Waals surface area contributed by atoms with Crippen molar-refractivity contribution in [2.45, 2.75) is 0 Å². The zero-order chi connectivity index (χ0) is 27.6. The van der Waals surface area contributed by atoms with Crippen LogP contribution in [0.4, 0.5) is 0 Å². The van der Waals surface area contributed by atoms with E-state index in [1.807, 2.05) is 84.9 Å². The van der Waals surface area contributed by atoms with E-state index in [4.69, 9.17) is 19.4 Å². The highest BCUT2D eigenvalue weighted by Crippen LogP contribution is 2.39. The van der Waals surface area contributed by atoms with E-state index in [9.17, 15) is 0 Å². The molecule has 0 aliphatic carbocycles. The molecule has 0 spiro atoms. The Bertz CT molecular complexity index is 2020. The highest BCUT2D eigenvalue weighted by molar-refractivity contribution is 6.00. The van der Waals surface area contributed by atoms with Gasteiger partial charge in [-0.3, -0.25) is 0 Å². The smallest absolute Gasteiger partial charge is 0.136 e. The second-order valence-electron chi connectivity index (χ2n) is 9.77. The summed E-state index contributed by atoms with van der Waals surface area (Å²) in [6.45, 7) is 0. The van der Waals surface area contributed by atoms with Crippen molar-refractivity contribution >= 4 is 21.5 Å². The molecule has 0 saturated carbocycles. The highest BCUT2D eigenvalue weighted by Gasteiger charge is 2.18. The molecule has 7 aromatic rings. The van der Waals surface area contributed by atoms with Crippen LogP contribution in [-0.2, 0) is 0 Å². The van der Waals surface area contributed by atoms with Gasteiger partial charge in [0, 0.05) is 21.9 Å². The van der Waals surface area contributed by atoms with Gasteiger partial charge in [0.05, 0.1) is 29.9 Å². The molecule has 0 bridgehead atoms. The lowest BCUT2D eigenvalue weighted by Crippen LogP contribution is -1.97. The van der Waals surface area contributed by atoms with Gasteiger partial charge in [0.25, 0.3) is 0 Å². The van der Waals surface area contributed by atoms with Crippen LogP contribution in [0, 0.1) is 0 Å². The molecule has 0 atom stereocenters. The third-order valence-electron chi connectivity index (χ3n) is 7.22. The van der Waals surface area contributed by atoms with Gasteiger partial charge in [-0.25, -0.2) is 9.97 Å². The zero-order valence-corrected chi connectivity index (χ0v) is 22.5. The van der Waals surface area contributed by atoms with Gasteiger partial charge in [0.2, 0.25) is 0 Å². The number of benzene rings is 5. The molecule has 0 aliphatic heterocycles. The number of rotatable bonds is 6. The van der Waals surface area contributed by atoms with Crippen molar-refractivity contribution in [1.82, 2.24) is 9.97 Å². The largest absolute Gasteiger partial charge is 0.496 e. The number of nitrogens with zero attached hydrogens (tertiary/aromatic N) is 2. The number of hydrogen-bond acceptors (Lipinski definition) is 4. The van der Waals surface area contributed by atoms with Gasteiger partial charge in [-0.1, -0.05) is 91.0 Å². The monoisotopic (exact) mass is 530 g/mol. The van der Waals surface area contributed by atoms with Crippen LogP contribution in [0.5, 0.6) is 17.2 Å². The Morgan fingerprint density at radius 1 is 0.463 bits per heavy atom. The van der Waals surface area contributed by atoms with Crippen molar-refractivity contribution in [3.63, 3.8) is 0 Å². The Morgan fingerprint density at radius 2 is 0.927 bits per heavy atom. The van der Waals surface area contributed by atoms with E-state index >= 15 is 0 Å². The summed E-state index contributed by atoms with van der Waals surface area (Å²) in [7, 11) is 1.69. The fourth-order valence-electron chi connectivity index (χ4n) is 5.28. The first-order valence-corrected chi connectivity index (χ1v) is 13.5. The minimum absolute atomic E-state index is 0.745. The maximum atomic E-state index is 6.35. The Hall–Kier alpha value is -5.48. The summed E-state index contributed by atoms with van der Waals surface area (Å²) in [4.78, 5) is 10.5. The third-order valence-corrected chi connectivity index (χ3v) is 7.22. The summed E-state index contributed by atoms with van der Waals surface area (Å²) >= 11 is 0. The molecule has 0 aliphatic rings. The van der Waals surface area contributed by atoms with E-state index in [1.165, 1.54) is 0 Å². The molecule has 2 heterocycles. The molecule has 0 unspecified atom stereocenters. The SMILES string of the molecule is COc1ccccc1-c1nc(-c2cc3ccccc3c(-c3ccccc3Oc3ccccc3)n2)cc2ccccc12. The van der Waals surface area contributed by atoms with Crippen LogP contribution in [0.2, 0.25) is 0 Å². The van der Waals surface area contributed by atoms with E-state index in [0.717, 1.165) is 72.7 Å². The lowest BCUT2D eigenvalue weighted by molar-refractivity contribution is 0.416. The van der Waals surface area contributed by atoms with Crippen LogP contribution in [-0.4, -0.2) is 17.1 Å². The Kier molecular flexibility index (Phi) is 6.34. The first-order chi connectivity index (χ1) is 20.3. The predicted molar refractivity (Wildman–Crippen MR) is 166 cm³/mol. The molecular weight excluding hydrogens is 504 g/mol. The van der Waals surface area contributed by atoms with Gasteiger partial charge in [-0.2, -0.15) is 0 Å². The third kappa shape index (κ3) is 4.66. The number of para-hydroxylation sites is 3. The lowest BCUT2D eigenvalue weighted by Gasteiger charge is -2.15. The molecule has 0 fully saturated rings. The van der Waals surface area contributed by atoms with Gasteiger partial charge in [0.1, 0.15) is 17.2 Å². The fraction of sp³-hybridized carbons (Fsp3) is 0.0270. The van der Waals surface area contributed by atoms with Crippen LogP contribution in [0.3, 0.4) is 0 Å². The zero-order valence-electron chi connectivity index (χ0n) is 22.5. The van der Waals surface area contributed by atoms with E-state index in [-0.39, 0.29) is 0 Å². The minimum atomic E-state index is 0.745. The molecule has 196 valence electrons. The Balaban J connectivity index is 1.46. The molecule has 5 aromatic carbocycles. The van der Waals surface area contributed by atoms with Gasteiger partial charge in [-0.05, 0) is 59.3 Å². The summed E-state index contributed by atoms with van der Waals surface area (Å²) in [6.07, 6.45) is 0. The first kappa shape index (κ1) is 24.6. The molecule has 7 rings (SSSR count). The van der Waals surface area contributed by atoms with Crippen LogP contribution in [0.15, 0.2) is 140 Å². The summed E-state index contributed by atoms with van der Waals surface area (Å²) in [5.41, 5.74) is 5.14. The molecule has 0 amide bonds. The fourth-order valence-corrected chi connectivity index (χ4v) is 5.28. The quantitative estimate of drug-likeness (QED) is 0.215. The number of pyridine rings is 2. The highest BCUT2D eigenvalue weighted by atomic mass is 16.5. The normalized spacial score (nSPS) is 11.0. The predicted octanol–water partition coefficient (Wildman–Crippen LogP) is 9.58. The summed E-state index contributed by atoms with van der Waals surface area (Å²) < 4.78 is 12.1. The average molecular weight is 531 g/mol. The van der Waals surface area contributed by atoms with Crippen LogP contribution >= 0.6 is 0 Å². The van der Waals surface area contributed by atoms with Crippen molar-refractivity contribution in [1.29, 1.82) is 0 Å². The molecule has 0 radical (unpaired) electrons. The van der Waals surface area contributed by atoms with Crippen LogP contribution in [0.25, 0.3) is 55.4 Å². The van der Waals surface area contributed by atoms with Crippen LogP contribution in [0.1, 0.15) is 0 Å². The van der Waals surface area contributed by atoms with Gasteiger partial charge in [0.15, 0.2) is 0 Å². The summed E-state index contributed by atoms with van der Waals surface area (Å²) in [6, 6.07) is 46.7. The van der Waals surface area contributed by atoms with Crippen molar-refractivity contribution in [2.75, 3.05) is 7.11 Å². The number of fused-ring (bicyclic) bond motifs is 2. The maximum absolute atomic E-state index is 6.35. The summed E-state index contributed by atoms with van der Waals surface area (Å²) in [5, 5.41) is 4.27. The second kappa shape index (κ2) is 10.6. The molecule has 0 saturated heterocycles. The van der Waals surface area contributed by atoms with Crippen molar-refractivity contribution in [2.24, 2.45) is 0 Å². The van der Waals surface area contributed by atoms with Crippen molar-refractivity contribution in [3.8, 4) is 51.2 Å². The number of aromatic nitrogens is 2.